The SMILES string of the molecule is CC(C)(C)CCOCc1ccc(N)cc1. The van der Waals surface area contributed by atoms with Gasteiger partial charge in [0.05, 0.1) is 6.61 Å². The Balaban J connectivity index is 2.23. The first-order chi connectivity index (χ1) is 6.97. The molecule has 2 heteroatoms. The average Bonchev–Trinajstić information content (AvgIpc) is 2.14. The highest BCUT2D eigenvalue weighted by atomic mass is 16.5. The van der Waals surface area contributed by atoms with Crippen molar-refractivity contribution in [3.8, 4) is 0 Å². The molecule has 0 saturated heterocycles. The van der Waals surface area contributed by atoms with Gasteiger partial charge in [-0.25, -0.2) is 0 Å². The summed E-state index contributed by atoms with van der Waals surface area (Å²) in [5, 5.41) is 0. The Kier molecular flexibility index (Phi) is 4.15. The van der Waals surface area contributed by atoms with Crippen molar-refractivity contribution in [1.82, 2.24) is 0 Å². The molecule has 1 aromatic rings. The maximum absolute atomic E-state index is 5.60. The summed E-state index contributed by atoms with van der Waals surface area (Å²) in [4.78, 5) is 0. The Bertz CT molecular complexity index is 284. The topological polar surface area (TPSA) is 35.2 Å². The van der Waals surface area contributed by atoms with Crippen LogP contribution >= 0.6 is 0 Å². The van der Waals surface area contributed by atoms with Crippen LogP contribution in [0.1, 0.15) is 32.8 Å². The number of nitrogen functional groups attached to an aromatic ring is 1. The summed E-state index contributed by atoms with van der Waals surface area (Å²) < 4.78 is 5.59. The molecule has 0 spiro atoms. The maximum atomic E-state index is 5.60. The van der Waals surface area contributed by atoms with Crippen molar-refractivity contribution in [2.24, 2.45) is 5.41 Å². The number of anilines is 1. The zero-order chi connectivity index (χ0) is 11.3. The van der Waals surface area contributed by atoms with Crippen molar-refractivity contribution in [3.63, 3.8) is 0 Å². The highest BCUT2D eigenvalue weighted by Gasteiger charge is 2.09. The van der Waals surface area contributed by atoms with Crippen LogP contribution in [-0.2, 0) is 11.3 Å². The van der Waals surface area contributed by atoms with E-state index in [9.17, 15) is 0 Å². The molecule has 0 fully saturated rings. The van der Waals surface area contributed by atoms with Crippen molar-refractivity contribution in [2.75, 3.05) is 12.3 Å². The fourth-order valence-electron chi connectivity index (χ4n) is 1.18. The van der Waals surface area contributed by atoms with Gasteiger partial charge in [0.15, 0.2) is 0 Å². The van der Waals surface area contributed by atoms with E-state index in [1.54, 1.807) is 0 Å². The summed E-state index contributed by atoms with van der Waals surface area (Å²) in [5.74, 6) is 0. The third-order valence-electron chi connectivity index (χ3n) is 2.24. The van der Waals surface area contributed by atoms with Crippen LogP contribution in [0.4, 0.5) is 5.69 Å². The van der Waals surface area contributed by atoms with E-state index in [2.05, 4.69) is 20.8 Å². The molecule has 0 bridgehead atoms. The number of hydrogen-bond donors (Lipinski definition) is 1. The minimum atomic E-state index is 0.348. The molecule has 0 saturated carbocycles. The number of hydrogen-bond acceptors (Lipinski definition) is 2. The summed E-state index contributed by atoms with van der Waals surface area (Å²) in [7, 11) is 0. The number of benzene rings is 1. The van der Waals surface area contributed by atoms with Crippen molar-refractivity contribution in [1.29, 1.82) is 0 Å². The molecule has 84 valence electrons. The van der Waals surface area contributed by atoms with Crippen molar-refractivity contribution in [3.05, 3.63) is 29.8 Å². The zero-order valence-electron chi connectivity index (χ0n) is 9.92. The third kappa shape index (κ3) is 5.43. The van der Waals surface area contributed by atoms with Crippen molar-refractivity contribution in [2.45, 2.75) is 33.8 Å². The van der Waals surface area contributed by atoms with Gasteiger partial charge in [-0.2, -0.15) is 0 Å². The molecule has 2 N–H and O–H groups in total. The molecule has 1 rings (SSSR count). The Morgan fingerprint density at radius 3 is 2.27 bits per heavy atom. The second-order valence-electron chi connectivity index (χ2n) is 5.10. The molecule has 0 atom stereocenters. The van der Waals surface area contributed by atoms with Crippen molar-refractivity contribution < 1.29 is 4.74 Å². The Labute approximate surface area is 92.4 Å². The Hall–Kier alpha value is -1.02. The number of nitrogens with two attached hydrogens (primary N) is 1. The first-order valence-electron chi connectivity index (χ1n) is 5.39. The summed E-state index contributed by atoms with van der Waals surface area (Å²) in [6.45, 7) is 8.16. The molecule has 0 aliphatic rings. The van der Waals surface area contributed by atoms with Gasteiger partial charge >= 0.3 is 0 Å². The van der Waals surface area contributed by atoms with E-state index in [4.69, 9.17) is 10.5 Å². The first-order valence-corrected chi connectivity index (χ1v) is 5.39. The van der Waals surface area contributed by atoms with E-state index < -0.39 is 0 Å². The van der Waals surface area contributed by atoms with Crippen LogP contribution in [-0.4, -0.2) is 6.61 Å². The van der Waals surface area contributed by atoms with E-state index >= 15 is 0 Å². The average molecular weight is 207 g/mol. The normalized spacial score (nSPS) is 11.7. The molecule has 2 nitrogen and oxygen atoms in total. The summed E-state index contributed by atoms with van der Waals surface area (Å²) >= 11 is 0. The van der Waals surface area contributed by atoms with Crippen LogP contribution in [0.3, 0.4) is 0 Å². The number of ether oxygens (including phenoxy) is 1. The van der Waals surface area contributed by atoms with E-state index in [0.29, 0.717) is 12.0 Å². The van der Waals surface area contributed by atoms with E-state index in [1.165, 1.54) is 5.56 Å². The van der Waals surface area contributed by atoms with Crippen molar-refractivity contribution >= 4 is 5.69 Å². The van der Waals surface area contributed by atoms with Gasteiger partial charge in [-0.15, -0.1) is 0 Å². The van der Waals surface area contributed by atoms with Gasteiger partial charge in [-0.1, -0.05) is 32.9 Å². The quantitative estimate of drug-likeness (QED) is 0.607. The van der Waals surface area contributed by atoms with Crippen LogP contribution in [0.2, 0.25) is 0 Å². The van der Waals surface area contributed by atoms with E-state index in [0.717, 1.165) is 18.7 Å². The lowest BCUT2D eigenvalue weighted by molar-refractivity contribution is 0.0962. The van der Waals surface area contributed by atoms with Crippen LogP contribution in [0.25, 0.3) is 0 Å². The smallest absolute Gasteiger partial charge is 0.0716 e. The molecule has 0 aromatic heterocycles. The van der Waals surface area contributed by atoms with Gasteiger partial charge in [0, 0.05) is 12.3 Å². The predicted molar refractivity (Wildman–Crippen MR) is 64.6 cm³/mol. The minimum absolute atomic E-state index is 0.348. The molecular weight excluding hydrogens is 186 g/mol. The molecule has 0 aliphatic carbocycles. The molecule has 0 amide bonds. The van der Waals surface area contributed by atoms with Gasteiger partial charge in [0.2, 0.25) is 0 Å². The second-order valence-corrected chi connectivity index (χ2v) is 5.10. The number of rotatable bonds is 4. The largest absolute Gasteiger partial charge is 0.399 e. The Morgan fingerprint density at radius 1 is 1.13 bits per heavy atom. The molecule has 0 radical (unpaired) electrons. The summed E-state index contributed by atoms with van der Waals surface area (Å²) in [5.41, 5.74) is 7.92. The zero-order valence-corrected chi connectivity index (χ0v) is 9.92. The molecule has 0 aliphatic heterocycles. The summed E-state index contributed by atoms with van der Waals surface area (Å²) in [6.07, 6.45) is 1.09. The van der Waals surface area contributed by atoms with Gasteiger partial charge < -0.3 is 10.5 Å². The van der Waals surface area contributed by atoms with E-state index in [-0.39, 0.29) is 0 Å². The summed E-state index contributed by atoms with van der Waals surface area (Å²) in [6, 6.07) is 7.82. The standard InChI is InChI=1S/C13H21NO/c1-13(2,3)8-9-15-10-11-4-6-12(14)7-5-11/h4-7H,8-10,14H2,1-3H3. The molecule has 0 unspecified atom stereocenters. The highest BCUT2D eigenvalue weighted by Crippen LogP contribution is 2.18. The second kappa shape index (κ2) is 5.17. The lowest BCUT2D eigenvalue weighted by atomic mass is 9.93. The molecule has 0 heterocycles. The van der Waals surface area contributed by atoms with Gasteiger partial charge in [0.25, 0.3) is 0 Å². The van der Waals surface area contributed by atoms with Crippen LogP contribution in [0.15, 0.2) is 24.3 Å². The fraction of sp³-hybridized carbons (Fsp3) is 0.538. The maximum Gasteiger partial charge on any atom is 0.0716 e. The lowest BCUT2D eigenvalue weighted by Gasteiger charge is -2.17. The van der Waals surface area contributed by atoms with Gasteiger partial charge in [-0.05, 0) is 29.5 Å². The first kappa shape index (κ1) is 12.1. The molecular formula is C13H21NO. The predicted octanol–water partition coefficient (Wildman–Crippen LogP) is 3.22. The monoisotopic (exact) mass is 207 g/mol. The van der Waals surface area contributed by atoms with Crippen LogP contribution in [0, 0.1) is 5.41 Å². The van der Waals surface area contributed by atoms with Gasteiger partial charge in [-0.3, -0.25) is 0 Å². The lowest BCUT2D eigenvalue weighted by Crippen LogP contribution is -2.09. The van der Waals surface area contributed by atoms with E-state index in [1.807, 2.05) is 24.3 Å². The van der Waals surface area contributed by atoms with Crippen LogP contribution in [0.5, 0.6) is 0 Å². The highest BCUT2D eigenvalue weighted by molar-refractivity contribution is 5.39. The van der Waals surface area contributed by atoms with Gasteiger partial charge in [0.1, 0.15) is 0 Å². The minimum Gasteiger partial charge on any atom is -0.399 e. The van der Waals surface area contributed by atoms with Crippen LogP contribution < -0.4 is 5.73 Å². The third-order valence-corrected chi connectivity index (χ3v) is 2.24. The Morgan fingerprint density at radius 2 is 1.73 bits per heavy atom. The molecule has 1 aromatic carbocycles. The molecule has 15 heavy (non-hydrogen) atoms. The fourth-order valence-corrected chi connectivity index (χ4v) is 1.18.